The van der Waals surface area contributed by atoms with Crippen LogP contribution in [0.1, 0.15) is 55.6 Å². The molecule has 0 radical (unpaired) electrons. The second kappa shape index (κ2) is 12.2. The Bertz CT molecular complexity index is 1450. The number of hydrogen-bond acceptors (Lipinski definition) is 8. The molecule has 0 aliphatic carbocycles. The smallest absolute Gasteiger partial charge is 0.411 e. The molecule has 2 bridgehead atoms. The number of benzene rings is 2. The lowest BCUT2D eigenvalue weighted by molar-refractivity contribution is 0.00692. The molecule has 2 saturated heterocycles. The molecule has 6 rings (SSSR count). The van der Waals surface area contributed by atoms with Crippen molar-refractivity contribution in [1.82, 2.24) is 14.9 Å². The van der Waals surface area contributed by atoms with E-state index in [1.165, 1.54) is 7.11 Å². The number of aromatic nitrogens is 2. The molecule has 3 N–H and O–H groups in total. The van der Waals surface area contributed by atoms with Gasteiger partial charge in [-0.1, -0.05) is 36.6 Å². The molecule has 12 heteroatoms. The minimum atomic E-state index is -0.553. The molecule has 2 fully saturated rings. The number of nitrogens with zero attached hydrogens (tertiary/aromatic N) is 2. The van der Waals surface area contributed by atoms with Crippen molar-refractivity contribution >= 4 is 35.2 Å². The molecule has 222 valence electrons. The molecule has 5 unspecified atom stereocenters. The van der Waals surface area contributed by atoms with Crippen molar-refractivity contribution in [1.29, 1.82) is 0 Å². The summed E-state index contributed by atoms with van der Waals surface area (Å²) in [5.41, 5.74) is 3.92. The van der Waals surface area contributed by atoms with E-state index in [1.807, 2.05) is 30.3 Å². The van der Waals surface area contributed by atoms with Gasteiger partial charge in [0.25, 0.3) is 0 Å². The molecule has 3 aliphatic rings. The van der Waals surface area contributed by atoms with E-state index in [-0.39, 0.29) is 36.7 Å². The number of imidazole rings is 1. The first-order valence-corrected chi connectivity index (χ1v) is 14.5. The van der Waals surface area contributed by atoms with Crippen LogP contribution < -0.4 is 10.6 Å². The van der Waals surface area contributed by atoms with Crippen molar-refractivity contribution < 1.29 is 28.5 Å². The van der Waals surface area contributed by atoms with E-state index in [1.54, 1.807) is 30.3 Å². The fourth-order valence-corrected chi connectivity index (χ4v) is 6.05. The Morgan fingerprint density at radius 1 is 1.14 bits per heavy atom. The van der Waals surface area contributed by atoms with E-state index < -0.39 is 6.09 Å². The first-order valence-electron chi connectivity index (χ1n) is 14.2. The van der Waals surface area contributed by atoms with Gasteiger partial charge in [-0.05, 0) is 48.7 Å². The SMILES string of the molecule is COC(=O)Nc1ccc2c(c1)NC(C1OC1OC)CCCCC(N1CCC(c3cccc(Cl)c3)OC1=O)c1ncc-2[nH]1. The maximum Gasteiger partial charge on any atom is 0.411 e. The third kappa shape index (κ3) is 6.04. The monoisotopic (exact) mass is 595 g/mol. The normalized spacial score (nSPS) is 25.6. The van der Waals surface area contributed by atoms with Crippen molar-refractivity contribution in [3.8, 4) is 11.3 Å². The van der Waals surface area contributed by atoms with Crippen LogP contribution >= 0.6 is 11.6 Å². The first-order chi connectivity index (χ1) is 20.4. The van der Waals surface area contributed by atoms with Gasteiger partial charge in [-0.15, -0.1) is 0 Å². The van der Waals surface area contributed by atoms with Crippen LogP contribution in [0.15, 0.2) is 48.7 Å². The number of rotatable bonds is 5. The van der Waals surface area contributed by atoms with E-state index in [9.17, 15) is 9.59 Å². The largest absolute Gasteiger partial charge is 0.453 e. The minimum absolute atomic E-state index is 0.0271. The maximum atomic E-state index is 13.4. The number of cyclic esters (lactones) is 1. The molecule has 0 spiro atoms. The van der Waals surface area contributed by atoms with Crippen LogP contribution in [0.3, 0.4) is 0 Å². The van der Waals surface area contributed by atoms with Crippen molar-refractivity contribution in [2.75, 3.05) is 31.4 Å². The summed E-state index contributed by atoms with van der Waals surface area (Å²) < 4.78 is 21.9. The molecule has 3 aromatic rings. The molecule has 11 nitrogen and oxygen atoms in total. The summed E-state index contributed by atoms with van der Waals surface area (Å²) in [6.45, 7) is 0.533. The summed E-state index contributed by atoms with van der Waals surface area (Å²) in [6.07, 6.45) is 4.10. The number of ether oxygens (including phenoxy) is 4. The molecule has 42 heavy (non-hydrogen) atoms. The van der Waals surface area contributed by atoms with Crippen LogP contribution in [-0.2, 0) is 18.9 Å². The van der Waals surface area contributed by atoms with Gasteiger partial charge in [-0.3, -0.25) is 10.2 Å². The minimum Gasteiger partial charge on any atom is -0.453 e. The number of fused-ring (bicyclic) bond motifs is 4. The van der Waals surface area contributed by atoms with Crippen molar-refractivity contribution in [2.24, 2.45) is 0 Å². The lowest BCUT2D eigenvalue weighted by Crippen LogP contribution is -2.42. The second-order valence-corrected chi connectivity index (χ2v) is 11.2. The average molecular weight is 596 g/mol. The predicted octanol–water partition coefficient (Wildman–Crippen LogP) is 6.26. The van der Waals surface area contributed by atoms with Crippen LogP contribution in [0.2, 0.25) is 5.02 Å². The molecule has 5 atom stereocenters. The van der Waals surface area contributed by atoms with E-state index in [0.29, 0.717) is 29.5 Å². The highest BCUT2D eigenvalue weighted by Crippen LogP contribution is 2.39. The number of carbonyl (C=O) groups excluding carboxylic acids is 2. The first kappa shape index (κ1) is 28.3. The van der Waals surface area contributed by atoms with Gasteiger partial charge in [0.15, 0.2) is 6.29 Å². The quantitative estimate of drug-likeness (QED) is 0.295. The molecule has 2 aromatic carbocycles. The number of carbonyl (C=O) groups is 2. The van der Waals surface area contributed by atoms with Gasteiger partial charge in [0.2, 0.25) is 0 Å². The van der Waals surface area contributed by atoms with E-state index in [0.717, 1.165) is 48.2 Å². The van der Waals surface area contributed by atoms with Crippen molar-refractivity contribution in [3.63, 3.8) is 0 Å². The Hall–Kier alpha value is -3.80. The standard InChI is InChI=1S/C30H34ClN5O6/c1-39-28-26(42-28)21-8-3-4-9-24(36-13-12-25(41-30(36)38)17-6-5-7-18(31)14-17)27-32-16-23(35-27)20-11-10-19(15-22(20)34-21)33-29(37)40-2/h5-7,10-11,14-16,21,24-26,28,34H,3-4,8-9,12-13H2,1-2H3,(H,32,35)(H,33,37). The number of aromatic amines is 1. The average Bonchev–Trinajstić information content (AvgIpc) is 3.62. The third-order valence-corrected chi connectivity index (χ3v) is 8.29. The number of anilines is 2. The number of H-pyrrole nitrogens is 1. The van der Waals surface area contributed by atoms with Gasteiger partial charge in [0.05, 0.1) is 31.1 Å². The molecular weight excluding hydrogens is 562 g/mol. The molecule has 2 amide bonds. The fraction of sp³-hybridized carbons (Fsp3) is 0.433. The van der Waals surface area contributed by atoms with Crippen LogP contribution in [0.25, 0.3) is 11.3 Å². The molecule has 4 heterocycles. The van der Waals surface area contributed by atoms with Gasteiger partial charge in [0, 0.05) is 42.0 Å². The number of methoxy groups -OCH3 is 2. The Morgan fingerprint density at radius 2 is 2.00 bits per heavy atom. The van der Waals surface area contributed by atoms with Gasteiger partial charge < -0.3 is 29.2 Å². The van der Waals surface area contributed by atoms with Crippen LogP contribution in [-0.4, -0.2) is 66.3 Å². The number of halogens is 1. The summed E-state index contributed by atoms with van der Waals surface area (Å²) in [7, 11) is 2.96. The summed E-state index contributed by atoms with van der Waals surface area (Å²) in [6, 6.07) is 12.7. The van der Waals surface area contributed by atoms with Gasteiger partial charge in [0.1, 0.15) is 18.0 Å². The van der Waals surface area contributed by atoms with E-state index in [4.69, 9.17) is 35.5 Å². The van der Waals surface area contributed by atoms with Crippen molar-refractivity contribution in [2.45, 2.75) is 62.7 Å². The highest BCUT2D eigenvalue weighted by Gasteiger charge is 2.45. The number of amides is 2. The van der Waals surface area contributed by atoms with E-state index >= 15 is 0 Å². The number of hydrogen-bond donors (Lipinski definition) is 3. The van der Waals surface area contributed by atoms with Crippen LogP contribution in [0.5, 0.6) is 0 Å². The zero-order chi connectivity index (χ0) is 29.2. The van der Waals surface area contributed by atoms with E-state index in [2.05, 4.69) is 15.6 Å². The summed E-state index contributed by atoms with van der Waals surface area (Å²) in [5.74, 6) is 0.702. The predicted molar refractivity (Wildman–Crippen MR) is 156 cm³/mol. The van der Waals surface area contributed by atoms with Crippen LogP contribution in [0, 0.1) is 0 Å². The highest BCUT2D eigenvalue weighted by molar-refractivity contribution is 6.30. The Balaban J connectivity index is 1.29. The van der Waals surface area contributed by atoms with Gasteiger partial charge in [-0.2, -0.15) is 0 Å². The highest BCUT2D eigenvalue weighted by atomic mass is 35.5. The lowest BCUT2D eigenvalue weighted by atomic mass is 9.99. The topological polar surface area (TPSA) is 130 Å². The number of epoxide rings is 1. The zero-order valence-electron chi connectivity index (χ0n) is 23.5. The Kier molecular flexibility index (Phi) is 8.23. The third-order valence-electron chi connectivity index (χ3n) is 8.05. The Labute approximate surface area is 248 Å². The molecule has 1 aromatic heterocycles. The Morgan fingerprint density at radius 3 is 2.76 bits per heavy atom. The maximum absolute atomic E-state index is 13.4. The second-order valence-electron chi connectivity index (χ2n) is 10.7. The lowest BCUT2D eigenvalue weighted by Gasteiger charge is -2.36. The van der Waals surface area contributed by atoms with Gasteiger partial charge in [-0.25, -0.2) is 14.6 Å². The van der Waals surface area contributed by atoms with Gasteiger partial charge >= 0.3 is 12.2 Å². The molecular formula is C30H34ClN5O6. The number of nitrogens with one attached hydrogen (secondary N) is 3. The zero-order valence-corrected chi connectivity index (χ0v) is 24.2. The van der Waals surface area contributed by atoms with Crippen molar-refractivity contribution in [3.05, 3.63) is 65.1 Å². The summed E-state index contributed by atoms with van der Waals surface area (Å²) >= 11 is 6.18. The molecule has 3 aliphatic heterocycles. The summed E-state index contributed by atoms with van der Waals surface area (Å²) in [4.78, 5) is 35.2. The molecule has 0 saturated carbocycles. The fourth-order valence-electron chi connectivity index (χ4n) is 5.85. The summed E-state index contributed by atoms with van der Waals surface area (Å²) in [5, 5.41) is 6.99. The van der Waals surface area contributed by atoms with Crippen LogP contribution in [0.4, 0.5) is 21.0 Å².